The molecule has 1 aliphatic heterocycles. The predicted molar refractivity (Wildman–Crippen MR) is 78.1 cm³/mol. The monoisotopic (exact) mass is 322 g/mol. The largest absolute Gasteiger partial charge is 0.497 e. The molecule has 0 bridgehead atoms. The molecule has 0 saturated carbocycles. The summed E-state index contributed by atoms with van der Waals surface area (Å²) in [4.78, 5) is 12.0. The fourth-order valence-electron chi connectivity index (χ4n) is 2.69. The number of fused-ring (bicyclic) bond motifs is 1. The van der Waals surface area contributed by atoms with Crippen molar-refractivity contribution in [3.63, 3.8) is 0 Å². The van der Waals surface area contributed by atoms with Gasteiger partial charge >= 0.3 is 5.97 Å². The van der Waals surface area contributed by atoms with E-state index in [-0.39, 0.29) is 12.4 Å². The summed E-state index contributed by atoms with van der Waals surface area (Å²) >= 11 is 0. The van der Waals surface area contributed by atoms with E-state index >= 15 is 0 Å². The molecule has 1 aromatic rings. The second-order valence-corrected chi connectivity index (χ2v) is 5.20. The summed E-state index contributed by atoms with van der Waals surface area (Å²) in [5.74, 6) is 0.594. The molecule has 1 aliphatic carbocycles. The molecule has 1 saturated heterocycles. The normalized spacial score (nSPS) is 29.4. The van der Waals surface area contributed by atoms with E-state index in [0.717, 1.165) is 0 Å². The highest BCUT2D eigenvalue weighted by Crippen LogP contribution is 2.32. The Hall–Kier alpha value is -2.09. The highest BCUT2D eigenvalue weighted by molar-refractivity contribution is 5.90. The van der Waals surface area contributed by atoms with Gasteiger partial charge in [-0.05, 0) is 30.3 Å². The average molecular weight is 322 g/mol. The van der Waals surface area contributed by atoms with Crippen molar-refractivity contribution in [1.29, 1.82) is 0 Å². The molecular formula is C16H18O7. The molecule has 0 amide bonds. The zero-order valence-corrected chi connectivity index (χ0v) is 12.8. The van der Waals surface area contributed by atoms with Crippen molar-refractivity contribution in [2.24, 2.45) is 0 Å². The van der Waals surface area contributed by atoms with Crippen molar-refractivity contribution < 1.29 is 33.6 Å². The van der Waals surface area contributed by atoms with E-state index < -0.39 is 30.4 Å². The molecule has 1 heterocycles. The van der Waals surface area contributed by atoms with E-state index in [1.54, 1.807) is 37.5 Å². The van der Waals surface area contributed by atoms with Crippen molar-refractivity contribution in [3.05, 3.63) is 35.9 Å². The van der Waals surface area contributed by atoms with Crippen LogP contribution in [0.2, 0.25) is 0 Å². The van der Waals surface area contributed by atoms with Crippen molar-refractivity contribution in [2.75, 3.05) is 21.0 Å². The van der Waals surface area contributed by atoms with Crippen LogP contribution in [0.4, 0.5) is 0 Å². The van der Waals surface area contributed by atoms with Gasteiger partial charge in [0.15, 0.2) is 6.10 Å². The molecule has 0 aromatic heterocycles. The molecule has 0 unspecified atom stereocenters. The van der Waals surface area contributed by atoms with Gasteiger partial charge in [0.05, 0.1) is 19.8 Å². The molecule has 23 heavy (non-hydrogen) atoms. The smallest absolute Gasteiger partial charge is 0.337 e. The average Bonchev–Trinajstić information content (AvgIpc) is 3.06. The van der Waals surface area contributed by atoms with Crippen LogP contribution in [0.3, 0.4) is 0 Å². The molecule has 2 aliphatic rings. The second kappa shape index (κ2) is 6.57. The van der Waals surface area contributed by atoms with E-state index in [1.165, 1.54) is 7.11 Å². The zero-order valence-electron chi connectivity index (χ0n) is 12.8. The van der Waals surface area contributed by atoms with Gasteiger partial charge in [-0.15, -0.1) is 0 Å². The Morgan fingerprint density at radius 1 is 1.17 bits per heavy atom. The Morgan fingerprint density at radius 3 is 2.52 bits per heavy atom. The molecule has 3 rings (SSSR count). The standard InChI is InChI=1S/C16H18O7/c1-19-9-3-5-10(6-4-9)23-14-11(16(18)20-2)7-12-15(13(14)17)22-8-21-12/h3-7,12-15,17H,8H2,1-2H3/t12-,13-,14-,15-/m1/s1. The van der Waals surface area contributed by atoms with Crippen molar-refractivity contribution in [1.82, 2.24) is 0 Å². The van der Waals surface area contributed by atoms with Crippen LogP contribution in [0.5, 0.6) is 11.5 Å². The van der Waals surface area contributed by atoms with Crippen LogP contribution in [-0.2, 0) is 19.0 Å². The quantitative estimate of drug-likeness (QED) is 0.815. The van der Waals surface area contributed by atoms with Crippen molar-refractivity contribution >= 4 is 5.97 Å². The van der Waals surface area contributed by atoms with Crippen LogP contribution in [0.15, 0.2) is 35.9 Å². The summed E-state index contributed by atoms with van der Waals surface area (Å²) in [5.41, 5.74) is 0.211. The third-order valence-corrected chi connectivity index (χ3v) is 3.89. The maximum Gasteiger partial charge on any atom is 0.337 e. The molecule has 0 spiro atoms. The van der Waals surface area contributed by atoms with Crippen LogP contribution in [0, 0.1) is 0 Å². The van der Waals surface area contributed by atoms with Gasteiger partial charge in [0.25, 0.3) is 0 Å². The van der Waals surface area contributed by atoms with Crippen molar-refractivity contribution in [2.45, 2.75) is 24.4 Å². The zero-order chi connectivity index (χ0) is 16.4. The van der Waals surface area contributed by atoms with E-state index in [4.69, 9.17) is 23.7 Å². The van der Waals surface area contributed by atoms with Crippen LogP contribution < -0.4 is 9.47 Å². The van der Waals surface area contributed by atoms with Crippen LogP contribution >= 0.6 is 0 Å². The first kappa shape index (κ1) is 15.8. The number of carbonyl (C=O) groups is 1. The van der Waals surface area contributed by atoms with Gasteiger partial charge in [-0.3, -0.25) is 0 Å². The maximum atomic E-state index is 12.0. The Labute approximate surface area is 133 Å². The number of aliphatic hydroxyl groups is 1. The SMILES string of the molecule is COC(=O)C1=C[C@H]2OCO[C@H]2[C@H](O)[C@@H]1Oc1ccc(OC)cc1. The van der Waals surface area contributed by atoms with Crippen LogP contribution in [0.25, 0.3) is 0 Å². The number of hydrogen-bond acceptors (Lipinski definition) is 7. The number of aliphatic hydroxyl groups excluding tert-OH is 1. The molecule has 1 N–H and O–H groups in total. The second-order valence-electron chi connectivity index (χ2n) is 5.20. The number of ether oxygens (including phenoxy) is 5. The van der Waals surface area contributed by atoms with Gasteiger partial charge in [0, 0.05) is 0 Å². The molecule has 0 radical (unpaired) electrons. The molecule has 124 valence electrons. The lowest BCUT2D eigenvalue weighted by Gasteiger charge is -2.33. The lowest BCUT2D eigenvalue weighted by atomic mass is 9.89. The van der Waals surface area contributed by atoms with E-state index in [9.17, 15) is 9.90 Å². The third-order valence-electron chi connectivity index (χ3n) is 3.89. The number of esters is 1. The van der Waals surface area contributed by atoms with Gasteiger partial charge in [-0.2, -0.15) is 0 Å². The number of benzene rings is 1. The van der Waals surface area contributed by atoms with E-state index in [2.05, 4.69) is 0 Å². The minimum atomic E-state index is -1.05. The first-order valence-corrected chi connectivity index (χ1v) is 7.16. The van der Waals surface area contributed by atoms with E-state index in [0.29, 0.717) is 11.5 Å². The Morgan fingerprint density at radius 2 is 1.87 bits per heavy atom. The van der Waals surface area contributed by atoms with Gasteiger partial charge in [0.1, 0.15) is 36.6 Å². The summed E-state index contributed by atoms with van der Waals surface area (Å²) in [6, 6.07) is 6.84. The Kier molecular flexibility index (Phi) is 4.51. The topological polar surface area (TPSA) is 83.5 Å². The summed E-state index contributed by atoms with van der Waals surface area (Å²) in [6.45, 7) is 0.0621. The van der Waals surface area contributed by atoms with Crippen LogP contribution in [-0.4, -0.2) is 56.5 Å². The molecule has 4 atom stereocenters. The summed E-state index contributed by atoms with van der Waals surface area (Å²) < 4.78 is 26.4. The first-order valence-electron chi connectivity index (χ1n) is 7.16. The lowest BCUT2D eigenvalue weighted by molar-refractivity contribution is -0.139. The van der Waals surface area contributed by atoms with Gasteiger partial charge < -0.3 is 28.8 Å². The fourth-order valence-corrected chi connectivity index (χ4v) is 2.69. The number of methoxy groups -OCH3 is 2. The van der Waals surface area contributed by atoms with Gasteiger partial charge in [0.2, 0.25) is 0 Å². The molecule has 7 heteroatoms. The maximum absolute atomic E-state index is 12.0. The minimum absolute atomic E-state index is 0.0621. The molecular weight excluding hydrogens is 304 g/mol. The molecule has 1 fully saturated rings. The molecule has 1 aromatic carbocycles. The summed E-state index contributed by atoms with van der Waals surface area (Å²) in [6.07, 6.45) is -1.44. The Balaban J connectivity index is 1.86. The predicted octanol–water partition coefficient (Wildman–Crippen LogP) is 0.658. The number of carbonyl (C=O) groups excluding carboxylic acids is 1. The van der Waals surface area contributed by atoms with Gasteiger partial charge in [-0.25, -0.2) is 4.79 Å². The Bertz CT molecular complexity index is 595. The fraction of sp³-hybridized carbons (Fsp3) is 0.438. The number of hydrogen-bond donors (Lipinski definition) is 1. The summed E-state index contributed by atoms with van der Waals surface area (Å²) in [5, 5.41) is 10.5. The van der Waals surface area contributed by atoms with Crippen LogP contribution in [0.1, 0.15) is 0 Å². The highest BCUT2D eigenvalue weighted by atomic mass is 16.7. The lowest BCUT2D eigenvalue weighted by Crippen LogP contribution is -2.51. The minimum Gasteiger partial charge on any atom is -0.497 e. The first-order chi connectivity index (χ1) is 11.1. The number of rotatable bonds is 4. The highest BCUT2D eigenvalue weighted by Gasteiger charge is 2.47. The van der Waals surface area contributed by atoms with E-state index in [1.807, 2.05) is 0 Å². The summed E-state index contributed by atoms with van der Waals surface area (Å²) in [7, 11) is 2.84. The van der Waals surface area contributed by atoms with Gasteiger partial charge in [-0.1, -0.05) is 0 Å². The van der Waals surface area contributed by atoms with Crippen molar-refractivity contribution in [3.8, 4) is 11.5 Å². The third kappa shape index (κ3) is 3.03. The molecule has 7 nitrogen and oxygen atoms in total.